The van der Waals surface area contributed by atoms with Crippen molar-refractivity contribution < 1.29 is 4.79 Å². The number of fused-ring (bicyclic) bond motifs is 1. The van der Waals surface area contributed by atoms with Crippen molar-refractivity contribution in [1.29, 1.82) is 5.26 Å². The van der Waals surface area contributed by atoms with Gasteiger partial charge in [0.05, 0.1) is 34.9 Å². The minimum absolute atomic E-state index is 0.0335. The molecule has 0 aliphatic heterocycles. The number of nitrogens with one attached hydrogen (secondary N) is 1. The molecule has 1 unspecified atom stereocenters. The van der Waals surface area contributed by atoms with E-state index in [4.69, 9.17) is 4.98 Å². The van der Waals surface area contributed by atoms with E-state index < -0.39 is 5.41 Å². The molecular weight excluding hydrogens is 520 g/mol. The highest BCUT2D eigenvalue weighted by Crippen LogP contribution is 2.35. The number of benzene rings is 3. The number of aryl methyl sites for hydroxylation is 1. The Bertz CT molecular complexity index is 1840. The molecule has 0 radical (unpaired) electrons. The van der Waals surface area contributed by atoms with E-state index in [-0.39, 0.29) is 11.7 Å². The zero-order chi connectivity index (χ0) is 29.4. The molecule has 210 valence electrons. The van der Waals surface area contributed by atoms with Crippen LogP contribution in [0.5, 0.6) is 0 Å². The molecule has 0 spiro atoms. The van der Waals surface area contributed by atoms with Crippen molar-refractivity contribution in [1.82, 2.24) is 19.7 Å². The summed E-state index contributed by atoms with van der Waals surface area (Å²) in [4.78, 5) is 22.5. The van der Waals surface area contributed by atoms with Gasteiger partial charge >= 0.3 is 0 Å². The van der Waals surface area contributed by atoms with Crippen molar-refractivity contribution in [2.75, 3.05) is 5.32 Å². The average Bonchev–Trinajstić information content (AvgIpc) is 3.75. The Hall–Kier alpha value is -4.83. The third-order valence-electron chi connectivity index (χ3n) is 8.18. The molecule has 0 bridgehead atoms. The number of carbonyl (C=O) groups excluding carboxylic acids is 1. The first-order valence-corrected chi connectivity index (χ1v) is 14.4. The van der Waals surface area contributed by atoms with Crippen LogP contribution in [0, 0.1) is 18.3 Å². The number of hydrogen-bond donors (Lipinski definition) is 1. The van der Waals surface area contributed by atoms with Gasteiger partial charge in [-0.2, -0.15) is 10.4 Å². The van der Waals surface area contributed by atoms with E-state index in [1.807, 2.05) is 67.5 Å². The molecule has 5 aromatic rings. The second-order valence-corrected chi connectivity index (χ2v) is 12.0. The summed E-state index contributed by atoms with van der Waals surface area (Å²) in [6, 6.07) is 23.0. The Morgan fingerprint density at radius 1 is 1.12 bits per heavy atom. The van der Waals surface area contributed by atoms with Crippen LogP contribution in [0.15, 0.2) is 79.3 Å². The summed E-state index contributed by atoms with van der Waals surface area (Å²) in [6.07, 6.45) is 8.43. The second kappa shape index (κ2) is 10.9. The summed E-state index contributed by atoms with van der Waals surface area (Å²) in [6.45, 7) is 7.93. The lowest BCUT2D eigenvalue weighted by Gasteiger charge is -2.18. The largest absolute Gasteiger partial charge is 0.321 e. The Balaban J connectivity index is 1.19. The molecule has 7 nitrogen and oxygen atoms in total. The average molecular weight is 555 g/mol. The lowest BCUT2D eigenvalue weighted by Crippen LogP contribution is -2.15. The maximum absolute atomic E-state index is 13.2. The summed E-state index contributed by atoms with van der Waals surface area (Å²) in [5, 5.41) is 18.2. The number of hydrogen-bond acceptors (Lipinski definition) is 6. The highest BCUT2D eigenvalue weighted by atomic mass is 16.1. The topological polar surface area (TPSA) is 96.5 Å². The van der Waals surface area contributed by atoms with Crippen LogP contribution in [0.4, 0.5) is 11.6 Å². The Kier molecular flexibility index (Phi) is 7.07. The second-order valence-electron chi connectivity index (χ2n) is 12.0. The summed E-state index contributed by atoms with van der Waals surface area (Å²) in [5.41, 5.74) is 7.09. The third kappa shape index (κ3) is 5.66. The van der Waals surface area contributed by atoms with Gasteiger partial charge in [-0.05, 0) is 85.5 Å². The summed E-state index contributed by atoms with van der Waals surface area (Å²) in [7, 11) is 0. The minimum Gasteiger partial charge on any atom is -0.321 e. The molecule has 6 rings (SSSR count). The van der Waals surface area contributed by atoms with Gasteiger partial charge in [0.15, 0.2) is 5.78 Å². The number of aromatic nitrogens is 4. The van der Waals surface area contributed by atoms with Crippen LogP contribution in [-0.4, -0.2) is 25.5 Å². The first kappa shape index (κ1) is 27.3. The maximum Gasteiger partial charge on any atom is 0.227 e. The van der Waals surface area contributed by atoms with E-state index in [1.54, 1.807) is 0 Å². The maximum atomic E-state index is 13.2. The lowest BCUT2D eigenvalue weighted by atomic mass is 9.84. The predicted octanol–water partition coefficient (Wildman–Crippen LogP) is 8.06. The Labute approximate surface area is 246 Å². The molecule has 0 amide bonds. The first-order chi connectivity index (χ1) is 20.2. The number of ketones is 1. The van der Waals surface area contributed by atoms with Crippen molar-refractivity contribution in [3.8, 4) is 17.2 Å². The van der Waals surface area contributed by atoms with Gasteiger partial charge in [-0.3, -0.25) is 9.48 Å². The van der Waals surface area contributed by atoms with E-state index in [1.165, 1.54) is 12.8 Å². The van der Waals surface area contributed by atoms with Crippen molar-refractivity contribution in [3.63, 3.8) is 0 Å². The Morgan fingerprint density at radius 2 is 1.95 bits per heavy atom. The Morgan fingerprint density at radius 3 is 2.74 bits per heavy atom. The van der Waals surface area contributed by atoms with Gasteiger partial charge < -0.3 is 5.32 Å². The first-order valence-electron chi connectivity index (χ1n) is 14.4. The fraction of sp³-hybridized carbons (Fsp3) is 0.286. The van der Waals surface area contributed by atoms with Gasteiger partial charge in [-0.15, -0.1) is 0 Å². The molecule has 2 heterocycles. The normalized spacial score (nSPS) is 14.0. The molecular formula is C35H34N6O. The van der Waals surface area contributed by atoms with E-state index in [0.717, 1.165) is 44.4 Å². The van der Waals surface area contributed by atoms with Gasteiger partial charge in [-0.1, -0.05) is 49.4 Å². The van der Waals surface area contributed by atoms with Crippen LogP contribution in [0.25, 0.3) is 22.0 Å². The summed E-state index contributed by atoms with van der Waals surface area (Å²) >= 11 is 0. The van der Waals surface area contributed by atoms with Crippen LogP contribution in [0.3, 0.4) is 0 Å². The minimum atomic E-state index is -0.642. The molecule has 1 atom stereocenters. The molecule has 3 aromatic carbocycles. The molecule has 2 aromatic heterocycles. The molecule has 42 heavy (non-hydrogen) atoms. The van der Waals surface area contributed by atoms with Gasteiger partial charge in [0, 0.05) is 29.8 Å². The highest BCUT2D eigenvalue weighted by Gasteiger charge is 2.24. The van der Waals surface area contributed by atoms with Crippen LogP contribution < -0.4 is 5.32 Å². The van der Waals surface area contributed by atoms with Crippen molar-refractivity contribution in [2.24, 2.45) is 0 Å². The SMILES string of the molecule is Cc1ccc(C(C)CC(=O)c2cccc(C(C)(C)C#N)c2)cc1-c1ccc2nc(Nc3cnn(C4CC4)c3)ncc2c1. The van der Waals surface area contributed by atoms with Crippen molar-refractivity contribution in [3.05, 3.63) is 102 Å². The number of nitrogens with zero attached hydrogens (tertiary/aromatic N) is 5. The van der Waals surface area contributed by atoms with Gasteiger partial charge in [0.1, 0.15) is 0 Å². The van der Waals surface area contributed by atoms with E-state index in [2.05, 4.69) is 65.6 Å². The van der Waals surface area contributed by atoms with E-state index >= 15 is 0 Å². The van der Waals surface area contributed by atoms with Gasteiger partial charge in [-0.25, -0.2) is 9.97 Å². The number of rotatable bonds is 9. The number of anilines is 2. The molecule has 0 saturated heterocycles. The van der Waals surface area contributed by atoms with Crippen LogP contribution in [-0.2, 0) is 5.41 Å². The zero-order valence-electron chi connectivity index (χ0n) is 24.4. The number of carbonyl (C=O) groups is 1. The van der Waals surface area contributed by atoms with Gasteiger partial charge in [0.2, 0.25) is 5.95 Å². The smallest absolute Gasteiger partial charge is 0.227 e. The highest BCUT2D eigenvalue weighted by molar-refractivity contribution is 5.96. The van der Waals surface area contributed by atoms with Gasteiger partial charge in [0.25, 0.3) is 0 Å². The lowest BCUT2D eigenvalue weighted by molar-refractivity contribution is 0.0975. The molecule has 7 heteroatoms. The number of Topliss-reactive ketones (excluding diaryl/α,β-unsaturated/α-hetero) is 1. The van der Waals surface area contributed by atoms with Crippen molar-refractivity contribution in [2.45, 2.75) is 64.3 Å². The third-order valence-corrected chi connectivity index (χ3v) is 8.18. The van der Waals surface area contributed by atoms with E-state index in [0.29, 0.717) is 24.0 Å². The molecule has 1 N–H and O–H groups in total. The molecule has 1 fully saturated rings. The van der Waals surface area contributed by atoms with Crippen LogP contribution >= 0.6 is 0 Å². The summed E-state index contributed by atoms with van der Waals surface area (Å²) in [5.74, 6) is 0.655. The standard InChI is InChI=1S/C35H34N6O/c1-22-8-9-24(23(2)14-33(42)26-6-5-7-28(16-26)35(3,4)21-36)17-31(22)25-10-13-32-27(15-25)18-37-34(40-32)39-29-19-38-41(20-29)30-11-12-30/h5-10,13,15-20,23,30H,11-12,14H2,1-4H3,(H,37,39,40). The van der Waals surface area contributed by atoms with Crippen LogP contribution in [0.1, 0.15) is 79.0 Å². The van der Waals surface area contributed by atoms with E-state index in [9.17, 15) is 10.1 Å². The molecule has 1 aliphatic carbocycles. The molecule has 1 saturated carbocycles. The fourth-order valence-corrected chi connectivity index (χ4v) is 5.25. The zero-order valence-corrected chi connectivity index (χ0v) is 24.4. The summed E-state index contributed by atoms with van der Waals surface area (Å²) < 4.78 is 2.00. The molecule has 1 aliphatic rings. The fourth-order valence-electron chi connectivity index (χ4n) is 5.25. The van der Waals surface area contributed by atoms with Crippen molar-refractivity contribution >= 4 is 28.3 Å². The predicted molar refractivity (Wildman–Crippen MR) is 166 cm³/mol. The quantitative estimate of drug-likeness (QED) is 0.185. The number of nitriles is 1. The van der Waals surface area contributed by atoms with Crippen LogP contribution in [0.2, 0.25) is 0 Å². The monoisotopic (exact) mass is 554 g/mol.